The molecule has 1 aliphatic carbocycles. The molecule has 12 heteroatoms. The molecule has 3 aromatic heterocycles. The number of aryl methyl sites for hydroxylation is 1. The maximum absolute atomic E-state index is 13.7. The number of amides is 1. The van der Waals surface area contributed by atoms with Crippen LogP contribution >= 0.6 is 0 Å². The van der Waals surface area contributed by atoms with Crippen LogP contribution in [0.25, 0.3) is 22.8 Å². The van der Waals surface area contributed by atoms with Crippen LogP contribution in [0.3, 0.4) is 0 Å². The van der Waals surface area contributed by atoms with Crippen LogP contribution in [0.2, 0.25) is 0 Å². The summed E-state index contributed by atoms with van der Waals surface area (Å²) in [6.07, 6.45) is 6.50. The van der Waals surface area contributed by atoms with Gasteiger partial charge < -0.3 is 19.5 Å². The quantitative estimate of drug-likeness (QED) is 0.375. The van der Waals surface area contributed by atoms with E-state index in [0.29, 0.717) is 52.6 Å². The smallest absolute Gasteiger partial charge is 0.288 e. The first-order valence-electron chi connectivity index (χ1n) is 12.5. The average molecular weight is 533 g/mol. The standard InChI is InChI=1S/C27H26F2N8O2/c1-27(28,29)19-12-36(2)24(34-19)17-6-4-15(5-7-17)11-37-13-20(38)33-18-10-30-23(35-25(18)37)21-22(16-8-9-16)31-14-32-26(21)39-3/h4-7,10,12,14,16H,8-9,11,13H2,1-3H3,(H,33,38). The molecule has 0 bridgehead atoms. The zero-order valence-corrected chi connectivity index (χ0v) is 21.7. The van der Waals surface area contributed by atoms with Crippen LogP contribution in [0.5, 0.6) is 5.88 Å². The van der Waals surface area contributed by atoms with E-state index in [0.717, 1.165) is 31.0 Å². The Hall–Kier alpha value is -4.48. The van der Waals surface area contributed by atoms with Crippen molar-refractivity contribution in [2.45, 2.75) is 38.2 Å². The van der Waals surface area contributed by atoms with Gasteiger partial charge in [0.2, 0.25) is 11.8 Å². The van der Waals surface area contributed by atoms with Gasteiger partial charge >= 0.3 is 0 Å². The third-order valence-electron chi connectivity index (χ3n) is 6.81. The van der Waals surface area contributed by atoms with Crippen molar-refractivity contribution in [2.75, 3.05) is 23.9 Å². The topological polar surface area (TPSA) is 111 Å². The molecule has 0 spiro atoms. The average Bonchev–Trinajstić information content (AvgIpc) is 3.68. The minimum atomic E-state index is -3.02. The highest BCUT2D eigenvalue weighted by Gasteiger charge is 2.33. The maximum Gasteiger partial charge on any atom is 0.288 e. The van der Waals surface area contributed by atoms with Gasteiger partial charge in [-0.05, 0) is 18.4 Å². The zero-order valence-electron chi connectivity index (χ0n) is 21.7. The Kier molecular flexibility index (Phi) is 5.96. The molecular formula is C27H26F2N8O2. The van der Waals surface area contributed by atoms with Crippen LogP contribution in [-0.4, -0.2) is 49.0 Å². The van der Waals surface area contributed by atoms with Crippen molar-refractivity contribution in [3.05, 3.63) is 59.9 Å². The second kappa shape index (κ2) is 9.37. The molecule has 39 heavy (non-hydrogen) atoms. The van der Waals surface area contributed by atoms with Gasteiger partial charge in [0.1, 0.15) is 29.1 Å². The summed E-state index contributed by atoms with van der Waals surface area (Å²) >= 11 is 0. The molecular weight excluding hydrogens is 506 g/mol. The Morgan fingerprint density at radius 2 is 1.90 bits per heavy atom. The summed E-state index contributed by atoms with van der Waals surface area (Å²) < 4.78 is 34.6. The van der Waals surface area contributed by atoms with E-state index in [1.54, 1.807) is 24.9 Å². The van der Waals surface area contributed by atoms with Gasteiger partial charge in [-0.1, -0.05) is 24.3 Å². The fourth-order valence-electron chi connectivity index (χ4n) is 4.73. The van der Waals surface area contributed by atoms with E-state index in [-0.39, 0.29) is 18.1 Å². The number of hydrogen-bond acceptors (Lipinski definition) is 8. The Labute approximate surface area is 223 Å². The Morgan fingerprint density at radius 1 is 1.13 bits per heavy atom. The summed E-state index contributed by atoms with van der Waals surface area (Å²) in [4.78, 5) is 36.6. The molecule has 1 amide bonds. The maximum atomic E-state index is 13.7. The summed E-state index contributed by atoms with van der Waals surface area (Å²) in [6.45, 7) is 1.34. The van der Waals surface area contributed by atoms with Gasteiger partial charge in [-0.3, -0.25) is 4.79 Å². The Morgan fingerprint density at radius 3 is 2.56 bits per heavy atom. The molecule has 2 aliphatic rings. The van der Waals surface area contributed by atoms with Crippen molar-refractivity contribution in [3.63, 3.8) is 0 Å². The first-order chi connectivity index (χ1) is 18.7. The number of nitrogens with one attached hydrogen (secondary N) is 1. The lowest BCUT2D eigenvalue weighted by atomic mass is 10.1. The number of carbonyl (C=O) groups is 1. The SMILES string of the molecule is COc1ncnc(C2CC2)c1-c1ncc2c(n1)N(Cc1ccc(-c3nc(C(C)(F)F)cn3C)cc1)CC(=O)N2. The molecule has 1 N–H and O–H groups in total. The second-order valence-corrected chi connectivity index (χ2v) is 9.90. The van der Waals surface area contributed by atoms with Crippen molar-refractivity contribution in [2.24, 2.45) is 7.05 Å². The first-order valence-corrected chi connectivity index (χ1v) is 12.5. The van der Waals surface area contributed by atoms with E-state index in [1.165, 1.54) is 12.5 Å². The van der Waals surface area contributed by atoms with E-state index >= 15 is 0 Å². The second-order valence-electron chi connectivity index (χ2n) is 9.90. The van der Waals surface area contributed by atoms with Crippen LogP contribution in [0.1, 0.15) is 42.6 Å². The van der Waals surface area contributed by atoms with Crippen LogP contribution in [0.4, 0.5) is 20.3 Å². The Balaban J connectivity index is 1.31. The predicted octanol–water partition coefficient (Wildman–Crippen LogP) is 4.29. The fraction of sp³-hybridized carbons (Fsp3) is 0.333. The minimum Gasteiger partial charge on any atom is -0.480 e. The van der Waals surface area contributed by atoms with Crippen LogP contribution in [0.15, 0.2) is 43.0 Å². The molecule has 4 aromatic rings. The van der Waals surface area contributed by atoms with Crippen molar-refractivity contribution in [1.29, 1.82) is 0 Å². The van der Waals surface area contributed by atoms with Gasteiger partial charge in [0, 0.05) is 38.2 Å². The van der Waals surface area contributed by atoms with Crippen LogP contribution in [0, 0.1) is 0 Å². The molecule has 0 unspecified atom stereocenters. The number of fused-ring (bicyclic) bond motifs is 1. The summed E-state index contributed by atoms with van der Waals surface area (Å²) in [5.41, 5.74) is 3.38. The van der Waals surface area contributed by atoms with E-state index in [2.05, 4.69) is 25.3 Å². The van der Waals surface area contributed by atoms with Gasteiger partial charge in [0.25, 0.3) is 5.92 Å². The highest BCUT2D eigenvalue weighted by atomic mass is 19.3. The monoisotopic (exact) mass is 532 g/mol. The van der Waals surface area contributed by atoms with E-state index < -0.39 is 5.92 Å². The molecule has 200 valence electrons. The van der Waals surface area contributed by atoms with Gasteiger partial charge in [-0.25, -0.2) is 24.9 Å². The number of benzene rings is 1. The number of halogens is 2. The number of methoxy groups -OCH3 is 1. The number of hydrogen-bond donors (Lipinski definition) is 1. The number of aromatic nitrogens is 6. The number of carbonyl (C=O) groups excluding carboxylic acids is 1. The van der Waals surface area contributed by atoms with Crippen LogP contribution in [-0.2, 0) is 24.3 Å². The lowest BCUT2D eigenvalue weighted by molar-refractivity contribution is -0.115. The molecule has 0 radical (unpaired) electrons. The number of alkyl halides is 2. The number of rotatable bonds is 7. The molecule has 10 nitrogen and oxygen atoms in total. The van der Waals surface area contributed by atoms with Crippen molar-refractivity contribution >= 4 is 17.4 Å². The van der Waals surface area contributed by atoms with Gasteiger partial charge in [0.15, 0.2) is 11.6 Å². The van der Waals surface area contributed by atoms with E-state index in [9.17, 15) is 13.6 Å². The molecule has 1 aliphatic heterocycles. The molecule has 4 heterocycles. The van der Waals surface area contributed by atoms with Gasteiger partial charge in [-0.2, -0.15) is 8.78 Å². The lowest BCUT2D eigenvalue weighted by Gasteiger charge is -2.30. The van der Waals surface area contributed by atoms with E-state index in [4.69, 9.17) is 9.72 Å². The molecule has 1 saturated carbocycles. The van der Waals surface area contributed by atoms with Crippen molar-refractivity contribution in [1.82, 2.24) is 29.5 Å². The predicted molar refractivity (Wildman–Crippen MR) is 139 cm³/mol. The summed E-state index contributed by atoms with van der Waals surface area (Å²) in [7, 11) is 3.24. The van der Waals surface area contributed by atoms with Crippen LogP contribution < -0.4 is 15.0 Å². The lowest BCUT2D eigenvalue weighted by Crippen LogP contribution is -2.38. The largest absolute Gasteiger partial charge is 0.480 e. The number of nitrogens with zero attached hydrogens (tertiary/aromatic N) is 7. The van der Waals surface area contributed by atoms with E-state index in [1.807, 2.05) is 29.2 Å². The highest BCUT2D eigenvalue weighted by Crippen LogP contribution is 2.45. The minimum absolute atomic E-state index is 0.109. The summed E-state index contributed by atoms with van der Waals surface area (Å²) in [5, 5.41) is 2.84. The molecule has 1 aromatic carbocycles. The summed E-state index contributed by atoms with van der Waals surface area (Å²) in [5.74, 6) is -0.997. The first kappa shape index (κ1) is 24.8. The summed E-state index contributed by atoms with van der Waals surface area (Å²) in [6, 6.07) is 7.45. The normalized spacial score (nSPS) is 15.2. The fourth-order valence-corrected chi connectivity index (χ4v) is 4.73. The molecule has 1 fully saturated rings. The third kappa shape index (κ3) is 4.77. The van der Waals surface area contributed by atoms with Crippen molar-refractivity contribution < 1.29 is 18.3 Å². The van der Waals surface area contributed by atoms with Gasteiger partial charge in [-0.15, -0.1) is 0 Å². The number of imidazole rings is 1. The molecule has 0 saturated heterocycles. The number of ether oxygens (including phenoxy) is 1. The van der Waals surface area contributed by atoms with Gasteiger partial charge in [0.05, 0.1) is 25.5 Å². The third-order valence-corrected chi connectivity index (χ3v) is 6.81. The zero-order chi connectivity index (χ0) is 27.3. The van der Waals surface area contributed by atoms with Crippen molar-refractivity contribution in [3.8, 4) is 28.7 Å². The number of anilines is 2. The molecule has 6 rings (SSSR count). The molecule has 0 atom stereocenters. The highest BCUT2D eigenvalue weighted by molar-refractivity contribution is 6.00. The Bertz CT molecular complexity index is 1560.